The molecular weight excluding hydrogens is 322 g/mol. The Morgan fingerprint density at radius 1 is 1.12 bits per heavy atom. The van der Waals surface area contributed by atoms with E-state index >= 15 is 0 Å². The zero-order valence-electron chi connectivity index (χ0n) is 12.6. The van der Waals surface area contributed by atoms with Crippen LogP contribution >= 0.6 is 11.3 Å². The predicted octanol–water partition coefficient (Wildman–Crippen LogP) is 3.01. The molecule has 3 heterocycles. The van der Waals surface area contributed by atoms with Crippen LogP contribution in [0.15, 0.2) is 54.0 Å². The number of aromatic amines is 1. The predicted molar refractivity (Wildman–Crippen MR) is 92.6 cm³/mol. The van der Waals surface area contributed by atoms with E-state index in [9.17, 15) is 4.79 Å². The van der Waals surface area contributed by atoms with Crippen molar-refractivity contribution in [3.8, 4) is 10.6 Å². The molecule has 7 heteroatoms. The first-order chi connectivity index (χ1) is 11.8. The number of nitrogens with zero attached hydrogens (tertiary/aromatic N) is 3. The lowest BCUT2D eigenvalue weighted by molar-refractivity contribution is 0.0951. The summed E-state index contributed by atoms with van der Waals surface area (Å²) >= 11 is 1.64. The molecule has 0 saturated carbocycles. The summed E-state index contributed by atoms with van der Waals surface area (Å²) in [7, 11) is 0. The van der Waals surface area contributed by atoms with E-state index in [2.05, 4.69) is 25.7 Å². The van der Waals surface area contributed by atoms with Crippen LogP contribution < -0.4 is 5.32 Å². The van der Waals surface area contributed by atoms with Crippen molar-refractivity contribution in [3.05, 3.63) is 65.2 Å². The van der Waals surface area contributed by atoms with E-state index < -0.39 is 0 Å². The molecule has 0 radical (unpaired) electrons. The number of benzene rings is 1. The van der Waals surface area contributed by atoms with Gasteiger partial charge in [-0.05, 0) is 47.3 Å². The Labute approximate surface area is 141 Å². The van der Waals surface area contributed by atoms with Crippen molar-refractivity contribution in [2.45, 2.75) is 6.54 Å². The van der Waals surface area contributed by atoms with E-state index in [0.717, 1.165) is 21.7 Å². The molecule has 0 bridgehead atoms. The van der Waals surface area contributed by atoms with Crippen LogP contribution in [0, 0.1) is 0 Å². The molecule has 0 spiro atoms. The SMILES string of the molecule is O=C(NCc1ccnc(-c2cccs2)c1)c1ccc2n[nH]nc2c1. The minimum atomic E-state index is -0.144. The lowest BCUT2D eigenvalue weighted by Crippen LogP contribution is -2.22. The number of hydrogen-bond donors (Lipinski definition) is 2. The molecule has 4 rings (SSSR count). The van der Waals surface area contributed by atoms with Gasteiger partial charge in [0.2, 0.25) is 0 Å². The summed E-state index contributed by atoms with van der Waals surface area (Å²) < 4.78 is 0. The summed E-state index contributed by atoms with van der Waals surface area (Å²) in [5, 5.41) is 15.5. The van der Waals surface area contributed by atoms with Crippen LogP contribution in [0.5, 0.6) is 0 Å². The van der Waals surface area contributed by atoms with Crippen molar-refractivity contribution in [1.82, 2.24) is 25.7 Å². The number of fused-ring (bicyclic) bond motifs is 1. The van der Waals surface area contributed by atoms with Gasteiger partial charge in [0.05, 0.1) is 10.6 Å². The Bertz CT molecular complexity index is 993. The Kier molecular flexibility index (Phi) is 3.76. The molecule has 0 aliphatic heterocycles. The molecule has 0 unspecified atom stereocenters. The van der Waals surface area contributed by atoms with Crippen LogP contribution in [0.1, 0.15) is 15.9 Å². The van der Waals surface area contributed by atoms with Gasteiger partial charge in [-0.1, -0.05) is 6.07 Å². The van der Waals surface area contributed by atoms with Gasteiger partial charge in [-0.2, -0.15) is 15.4 Å². The monoisotopic (exact) mass is 335 g/mol. The number of H-pyrrole nitrogens is 1. The van der Waals surface area contributed by atoms with E-state index in [1.54, 1.807) is 35.7 Å². The molecule has 0 fully saturated rings. The van der Waals surface area contributed by atoms with Gasteiger partial charge in [0.1, 0.15) is 11.0 Å². The Hall–Kier alpha value is -3.06. The second-order valence-corrected chi connectivity index (χ2v) is 6.18. The van der Waals surface area contributed by atoms with Gasteiger partial charge in [-0.3, -0.25) is 9.78 Å². The highest BCUT2D eigenvalue weighted by atomic mass is 32.1. The highest BCUT2D eigenvalue weighted by Gasteiger charge is 2.08. The number of carbonyl (C=O) groups is 1. The fraction of sp³-hybridized carbons (Fsp3) is 0.0588. The smallest absolute Gasteiger partial charge is 0.251 e. The first-order valence-electron chi connectivity index (χ1n) is 7.37. The van der Waals surface area contributed by atoms with Crippen LogP contribution in [0.4, 0.5) is 0 Å². The molecule has 0 saturated heterocycles. The summed E-state index contributed by atoms with van der Waals surface area (Å²) in [6, 6.07) is 13.2. The van der Waals surface area contributed by atoms with Crippen LogP contribution in [0.2, 0.25) is 0 Å². The summed E-state index contributed by atoms with van der Waals surface area (Å²) in [5.74, 6) is -0.144. The average molecular weight is 335 g/mol. The number of hydrogen-bond acceptors (Lipinski definition) is 5. The molecule has 3 aromatic heterocycles. The summed E-state index contributed by atoms with van der Waals surface area (Å²) in [4.78, 5) is 17.8. The van der Waals surface area contributed by atoms with Gasteiger partial charge in [0, 0.05) is 18.3 Å². The number of aromatic nitrogens is 4. The van der Waals surface area contributed by atoms with Gasteiger partial charge in [0.25, 0.3) is 5.91 Å². The summed E-state index contributed by atoms with van der Waals surface area (Å²) in [5.41, 5.74) is 3.89. The van der Waals surface area contributed by atoms with E-state index in [0.29, 0.717) is 17.6 Å². The maximum Gasteiger partial charge on any atom is 0.251 e. The molecule has 6 nitrogen and oxygen atoms in total. The van der Waals surface area contributed by atoms with Gasteiger partial charge < -0.3 is 5.32 Å². The van der Waals surface area contributed by atoms with Gasteiger partial charge in [-0.25, -0.2) is 0 Å². The first-order valence-corrected chi connectivity index (χ1v) is 8.25. The number of thiophene rings is 1. The zero-order chi connectivity index (χ0) is 16.4. The van der Waals surface area contributed by atoms with Crippen molar-refractivity contribution in [1.29, 1.82) is 0 Å². The number of nitrogens with one attached hydrogen (secondary N) is 2. The molecule has 24 heavy (non-hydrogen) atoms. The van der Waals surface area contributed by atoms with Gasteiger partial charge in [0.15, 0.2) is 0 Å². The molecule has 4 aromatic rings. The molecule has 0 aliphatic rings. The largest absolute Gasteiger partial charge is 0.348 e. The maximum atomic E-state index is 12.3. The Balaban J connectivity index is 1.48. The van der Waals surface area contributed by atoms with Crippen molar-refractivity contribution in [2.24, 2.45) is 0 Å². The maximum absolute atomic E-state index is 12.3. The topological polar surface area (TPSA) is 83.6 Å². The molecule has 0 aliphatic carbocycles. The zero-order valence-corrected chi connectivity index (χ0v) is 13.4. The minimum Gasteiger partial charge on any atom is -0.348 e. The lowest BCUT2D eigenvalue weighted by Gasteiger charge is -2.06. The van der Waals surface area contributed by atoms with Crippen molar-refractivity contribution in [2.75, 3.05) is 0 Å². The fourth-order valence-electron chi connectivity index (χ4n) is 2.41. The Morgan fingerprint density at radius 2 is 2.04 bits per heavy atom. The minimum absolute atomic E-state index is 0.144. The fourth-order valence-corrected chi connectivity index (χ4v) is 3.10. The second kappa shape index (κ2) is 6.21. The number of carbonyl (C=O) groups excluding carboxylic acids is 1. The lowest BCUT2D eigenvalue weighted by atomic mass is 10.1. The van der Waals surface area contributed by atoms with Crippen LogP contribution in [0.3, 0.4) is 0 Å². The molecule has 1 amide bonds. The van der Waals surface area contributed by atoms with Crippen LogP contribution in [0.25, 0.3) is 21.6 Å². The summed E-state index contributed by atoms with van der Waals surface area (Å²) in [6.45, 7) is 0.441. The number of rotatable bonds is 4. The van der Waals surface area contributed by atoms with Gasteiger partial charge in [-0.15, -0.1) is 11.3 Å². The Morgan fingerprint density at radius 3 is 2.92 bits per heavy atom. The highest BCUT2D eigenvalue weighted by Crippen LogP contribution is 2.23. The second-order valence-electron chi connectivity index (χ2n) is 5.24. The van der Waals surface area contributed by atoms with E-state index in [-0.39, 0.29) is 5.91 Å². The third-order valence-corrected chi connectivity index (χ3v) is 4.52. The number of amides is 1. The third-order valence-electron chi connectivity index (χ3n) is 3.63. The molecular formula is C17H13N5OS. The van der Waals surface area contributed by atoms with Crippen molar-refractivity contribution >= 4 is 28.3 Å². The molecule has 0 atom stereocenters. The van der Waals surface area contributed by atoms with E-state index in [4.69, 9.17) is 0 Å². The van der Waals surface area contributed by atoms with Crippen LogP contribution in [-0.4, -0.2) is 26.3 Å². The molecule has 118 valence electrons. The normalized spacial score (nSPS) is 10.8. The third kappa shape index (κ3) is 2.89. The standard InChI is InChI=1S/C17H13N5OS/c23-17(12-3-4-13-14(9-12)21-22-20-13)19-10-11-5-6-18-15(8-11)16-2-1-7-24-16/h1-9H,10H2,(H,19,23)(H,20,21,22). The van der Waals surface area contributed by atoms with Crippen LogP contribution in [-0.2, 0) is 6.54 Å². The molecule has 1 aromatic carbocycles. The van der Waals surface area contributed by atoms with Crippen molar-refractivity contribution < 1.29 is 4.79 Å². The molecule has 2 N–H and O–H groups in total. The van der Waals surface area contributed by atoms with E-state index in [1.807, 2.05) is 29.6 Å². The van der Waals surface area contributed by atoms with Crippen molar-refractivity contribution in [3.63, 3.8) is 0 Å². The quantitative estimate of drug-likeness (QED) is 0.600. The summed E-state index contributed by atoms with van der Waals surface area (Å²) in [6.07, 6.45) is 1.76. The van der Waals surface area contributed by atoms with Gasteiger partial charge >= 0.3 is 0 Å². The number of pyridine rings is 1. The highest BCUT2D eigenvalue weighted by molar-refractivity contribution is 7.13. The average Bonchev–Trinajstić information content (AvgIpc) is 3.30. The first kappa shape index (κ1) is 14.5. The van der Waals surface area contributed by atoms with E-state index in [1.165, 1.54) is 0 Å².